The van der Waals surface area contributed by atoms with Crippen LogP contribution < -0.4 is 0 Å². The summed E-state index contributed by atoms with van der Waals surface area (Å²) in [5, 5.41) is 4.35. The van der Waals surface area contributed by atoms with Crippen LogP contribution in [0.4, 0.5) is 0 Å². The molecule has 0 aliphatic rings. The monoisotopic (exact) mass is 264 g/mol. The highest BCUT2D eigenvalue weighted by molar-refractivity contribution is 14.1. The van der Waals surface area contributed by atoms with E-state index in [2.05, 4.69) is 52.3 Å². The van der Waals surface area contributed by atoms with Crippen molar-refractivity contribution in [3.63, 3.8) is 0 Å². The molecule has 1 aromatic rings. The average molecular weight is 264 g/mol. The van der Waals surface area contributed by atoms with E-state index in [-0.39, 0.29) is 0 Å². The first-order valence-corrected chi connectivity index (χ1v) is 5.02. The summed E-state index contributed by atoms with van der Waals surface area (Å²) < 4.78 is 3.17. The van der Waals surface area contributed by atoms with E-state index in [4.69, 9.17) is 0 Å². The number of rotatable bonds is 3. The number of aryl methyl sites for hydroxylation is 2. The second-order valence-electron chi connectivity index (χ2n) is 2.69. The Kier molecular flexibility index (Phi) is 3.36. The minimum Gasteiger partial charge on any atom is -0.269 e. The Morgan fingerprint density at radius 2 is 2.36 bits per heavy atom. The van der Waals surface area contributed by atoms with Crippen LogP contribution in [0.3, 0.4) is 0 Å². The maximum absolute atomic E-state index is 4.35. The fourth-order valence-corrected chi connectivity index (χ4v) is 1.72. The molecule has 1 aromatic heterocycles. The van der Waals surface area contributed by atoms with Crippen molar-refractivity contribution in [2.75, 3.05) is 0 Å². The molecule has 0 saturated carbocycles. The molecule has 0 unspecified atom stereocenters. The van der Waals surface area contributed by atoms with E-state index in [1.54, 1.807) is 0 Å². The molecule has 0 radical (unpaired) electrons. The zero-order valence-corrected chi connectivity index (χ0v) is 9.13. The zero-order valence-electron chi connectivity index (χ0n) is 6.97. The summed E-state index contributed by atoms with van der Waals surface area (Å²) in [5.41, 5.74) is 1.27. The van der Waals surface area contributed by atoms with Crippen molar-refractivity contribution in [3.8, 4) is 0 Å². The van der Waals surface area contributed by atoms with Gasteiger partial charge in [0.25, 0.3) is 0 Å². The molecule has 0 atom stereocenters. The molecule has 0 bridgehead atoms. The minimum atomic E-state index is 1.06. The topological polar surface area (TPSA) is 17.8 Å². The minimum absolute atomic E-state index is 1.06. The number of hydrogen-bond acceptors (Lipinski definition) is 1. The lowest BCUT2D eigenvalue weighted by molar-refractivity contribution is 0.556. The van der Waals surface area contributed by atoms with Gasteiger partial charge in [-0.15, -0.1) is 0 Å². The van der Waals surface area contributed by atoms with Gasteiger partial charge in [-0.1, -0.05) is 13.3 Å². The van der Waals surface area contributed by atoms with Gasteiger partial charge >= 0.3 is 0 Å². The average Bonchev–Trinajstić information content (AvgIpc) is 2.26. The quantitative estimate of drug-likeness (QED) is 0.767. The Labute approximate surface area is 81.1 Å². The maximum Gasteiger partial charge on any atom is 0.123 e. The van der Waals surface area contributed by atoms with E-state index in [1.165, 1.54) is 18.5 Å². The van der Waals surface area contributed by atoms with E-state index in [9.17, 15) is 0 Å². The SMILES string of the molecule is CCCCn1nc(I)cc1C. The highest BCUT2D eigenvalue weighted by atomic mass is 127. The summed E-state index contributed by atoms with van der Waals surface area (Å²) in [4.78, 5) is 0. The number of nitrogens with zero attached hydrogens (tertiary/aromatic N) is 2. The highest BCUT2D eigenvalue weighted by Crippen LogP contribution is 2.06. The van der Waals surface area contributed by atoms with Crippen molar-refractivity contribution >= 4 is 22.6 Å². The normalized spacial score (nSPS) is 10.5. The molecular formula is C8H13IN2. The Balaban J connectivity index is 2.62. The summed E-state index contributed by atoms with van der Waals surface area (Å²) in [6.45, 7) is 5.36. The summed E-state index contributed by atoms with van der Waals surface area (Å²) in [6.07, 6.45) is 2.45. The maximum atomic E-state index is 4.35. The zero-order chi connectivity index (χ0) is 8.27. The van der Waals surface area contributed by atoms with Crippen LogP contribution in [0, 0.1) is 10.6 Å². The van der Waals surface area contributed by atoms with E-state index < -0.39 is 0 Å². The van der Waals surface area contributed by atoms with Crippen LogP contribution in [0.15, 0.2) is 6.07 Å². The van der Waals surface area contributed by atoms with Crippen LogP contribution in [0.25, 0.3) is 0 Å². The van der Waals surface area contributed by atoms with Crippen LogP contribution in [-0.2, 0) is 6.54 Å². The van der Waals surface area contributed by atoms with Crippen molar-refractivity contribution in [1.29, 1.82) is 0 Å². The molecule has 2 nitrogen and oxygen atoms in total. The number of halogens is 1. The molecule has 0 aromatic carbocycles. The van der Waals surface area contributed by atoms with Gasteiger partial charge in [0.15, 0.2) is 0 Å². The van der Waals surface area contributed by atoms with Gasteiger partial charge in [0.1, 0.15) is 3.70 Å². The molecule has 0 saturated heterocycles. The van der Waals surface area contributed by atoms with Crippen LogP contribution in [0.5, 0.6) is 0 Å². The van der Waals surface area contributed by atoms with Gasteiger partial charge in [-0.3, -0.25) is 4.68 Å². The summed E-state index contributed by atoms with van der Waals surface area (Å²) in [7, 11) is 0. The van der Waals surface area contributed by atoms with Crippen LogP contribution in [0.1, 0.15) is 25.5 Å². The first kappa shape index (κ1) is 9.03. The van der Waals surface area contributed by atoms with Gasteiger partial charge in [0, 0.05) is 12.2 Å². The second kappa shape index (κ2) is 4.09. The van der Waals surface area contributed by atoms with Crippen molar-refractivity contribution in [1.82, 2.24) is 9.78 Å². The van der Waals surface area contributed by atoms with Crippen LogP contribution in [0.2, 0.25) is 0 Å². The third-order valence-corrected chi connectivity index (χ3v) is 2.20. The molecule has 0 aliphatic heterocycles. The highest BCUT2D eigenvalue weighted by Gasteiger charge is 1.99. The first-order valence-electron chi connectivity index (χ1n) is 3.94. The summed E-state index contributed by atoms with van der Waals surface area (Å²) >= 11 is 2.25. The van der Waals surface area contributed by atoms with Crippen LogP contribution >= 0.6 is 22.6 Å². The largest absolute Gasteiger partial charge is 0.269 e. The lowest BCUT2D eigenvalue weighted by Gasteiger charge is -2.00. The summed E-state index contributed by atoms with van der Waals surface area (Å²) in [5.74, 6) is 0. The number of hydrogen-bond donors (Lipinski definition) is 0. The number of unbranched alkanes of at least 4 members (excludes halogenated alkanes) is 1. The molecule has 0 aliphatic carbocycles. The Morgan fingerprint density at radius 3 is 2.82 bits per heavy atom. The molecule has 62 valence electrons. The van der Waals surface area contributed by atoms with Gasteiger partial charge in [-0.2, -0.15) is 5.10 Å². The fourth-order valence-electron chi connectivity index (χ4n) is 1.00. The predicted octanol–water partition coefficient (Wildman–Crippen LogP) is 2.60. The summed E-state index contributed by atoms with van der Waals surface area (Å²) in [6, 6.07) is 2.11. The van der Waals surface area contributed by atoms with Crippen LogP contribution in [-0.4, -0.2) is 9.78 Å². The standard InChI is InChI=1S/C8H13IN2/c1-3-4-5-11-7(2)6-8(9)10-11/h6H,3-5H2,1-2H3. The van der Waals surface area contributed by atoms with Gasteiger partial charge in [0.05, 0.1) is 0 Å². The second-order valence-corrected chi connectivity index (χ2v) is 3.79. The van der Waals surface area contributed by atoms with Crippen molar-refractivity contribution in [2.45, 2.75) is 33.2 Å². The molecule has 1 rings (SSSR count). The lowest BCUT2D eigenvalue weighted by atomic mass is 10.3. The van der Waals surface area contributed by atoms with E-state index in [0.29, 0.717) is 0 Å². The van der Waals surface area contributed by atoms with E-state index in [0.717, 1.165) is 10.2 Å². The van der Waals surface area contributed by atoms with E-state index >= 15 is 0 Å². The van der Waals surface area contributed by atoms with Gasteiger partial charge in [-0.25, -0.2) is 0 Å². The molecule has 0 amide bonds. The van der Waals surface area contributed by atoms with Crippen molar-refractivity contribution in [3.05, 3.63) is 15.5 Å². The van der Waals surface area contributed by atoms with Gasteiger partial charge in [0.2, 0.25) is 0 Å². The molecule has 3 heteroatoms. The molecule has 1 heterocycles. The lowest BCUT2D eigenvalue weighted by Crippen LogP contribution is -2.01. The van der Waals surface area contributed by atoms with Crippen molar-refractivity contribution < 1.29 is 0 Å². The van der Waals surface area contributed by atoms with Gasteiger partial charge < -0.3 is 0 Å². The Morgan fingerprint density at radius 1 is 1.64 bits per heavy atom. The third kappa shape index (κ3) is 2.47. The van der Waals surface area contributed by atoms with E-state index in [1.807, 2.05) is 0 Å². The smallest absolute Gasteiger partial charge is 0.123 e. The molecule has 11 heavy (non-hydrogen) atoms. The molecule has 0 fully saturated rings. The molecule has 0 spiro atoms. The predicted molar refractivity (Wildman–Crippen MR) is 54.6 cm³/mol. The Bertz CT molecular complexity index is 230. The first-order chi connectivity index (χ1) is 5.24. The molecular weight excluding hydrogens is 251 g/mol. The van der Waals surface area contributed by atoms with Gasteiger partial charge in [-0.05, 0) is 42.0 Å². The fraction of sp³-hybridized carbons (Fsp3) is 0.625. The third-order valence-electron chi connectivity index (χ3n) is 1.67. The number of aromatic nitrogens is 2. The van der Waals surface area contributed by atoms with Crippen molar-refractivity contribution in [2.24, 2.45) is 0 Å². The molecule has 0 N–H and O–H groups in total. The Hall–Kier alpha value is -0.0600.